The monoisotopic (exact) mass is 278 g/mol. The fourth-order valence-corrected chi connectivity index (χ4v) is 1.89. The van der Waals surface area contributed by atoms with Gasteiger partial charge < -0.3 is 18.9 Å². The SMILES string of the molecule is C1=COC(CCCOCCCOCc2ccccc2)O1. The van der Waals surface area contributed by atoms with Gasteiger partial charge in [0.15, 0.2) is 0 Å². The molecule has 110 valence electrons. The molecule has 0 N–H and O–H groups in total. The van der Waals surface area contributed by atoms with Gasteiger partial charge in [0, 0.05) is 26.2 Å². The van der Waals surface area contributed by atoms with Crippen molar-refractivity contribution in [1.29, 1.82) is 0 Å². The summed E-state index contributed by atoms with van der Waals surface area (Å²) < 4.78 is 21.5. The molecule has 0 atom stereocenters. The highest BCUT2D eigenvalue weighted by Crippen LogP contribution is 2.10. The highest BCUT2D eigenvalue weighted by Gasteiger charge is 2.10. The summed E-state index contributed by atoms with van der Waals surface area (Å²) in [6.45, 7) is 2.87. The van der Waals surface area contributed by atoms with Crippen molar-refractivity contribution in [3.8, 4) is 0 Å². The van der Waals surface area contributed by atoms with Crippen LogP contribution in [0.2, 0.25) is 0 Å². The molecule has 1 heterocycles. The molecule has 0 radical (unpaired) electrons. The maximum absolute atomic E-state index is 5.58. The number of rotatable bonds is 10. The third-order valence-corrected chi connectivity index (χ3v) is 2.93. The summed E-state index contributed by atoms with van der Waals surface area (Å²) >= 11 is 0. The summed E-state index contributed by atoms with van der Waals surface area (Å²) in [6.07, 6.45) is 5.76. The van der Waals surface area contributed by atoms with Crippen LogP contribution in [0.25, 0.3) is 0 Å². The first kappa shape index (κ1) is 14.9. The van der Waals surface area contributed by atoms with Crippen molar-refractivity contribution >= 4 is 0 Å². The predicted octanol–water partition coefficient (Wildman–Crippen LogP) is 3.23. The topological polar surface area (TPSA) is 36.9 Å². The normalized spacial score (nSPS) is 14.2. The molecule has 0 unspecified atom stereocenters. The average Bonchev–Trinajstić information content (AvgIpc) is 3.00. The summed E-state index contributed by atoms with van der Waals surface area (Å²) in [7, 11) is 0. The van der Waals surface area contributed by atoms with E-state index in [0.29, 0.717) is 6.61 Å². The lowest BCUT2D eigenvalue weighted by Gasteiger charge is -2.10. The Balaban J connectivity index is 1.35. The zero-order valence-electron chi connectivity index (χ0n) is 11.7. The van der Waals surface area contributed by atoms with E-state index in [1.165, 1.54) is 5.56 Å². The predicted molar refractivity (Wildman–Crippen MR) is 75.9 cm³/mol. The molecule has 1 aliphatic rings. The Kier molecular flexibility index (Phi) is 6.99. The molecule has 1 aliphatic heterocycles. The Morgan fingerprint density at radius 3 is 2.35 bits per heavy atom. The second-order valence-electron chi connectivity index (χ2n) is 4.62. The highest BCUT2D eigenvalue weighted by atomic mass is 16.7. The minimum atomic E-state index is -0.118. The van der Waals surface area contributed by atoms with Gasteiger partial charge >= 0.3 is 0 Å². The summed E-state index contributed by atoms with van der Waals surface area (Å²) in [4.78, 5) is 0. The summed E-state index contributed by atoms with van der Waals surface area (Å²) in [5.74, 6) is 0. The maximum Gasteiger partial charge on any atom is 0.239 e. The summed E-state index contributed by atoms with van der Waals surface area (Å²) in [5, 5.41) is 0. The van der Waals surface area contributed by atoms with Gasteiger partial charge in [-0.05, 0) is 18.4 Å². The molecule has 4 heteroatoms. The van der Waals surface area contributed by atoms with E-state index in [9.17, 15) is 0 Å². The number of hydrogen-bond acceptors (Lipinski definition) is 4. The van der Waals surface area contributed by atoms with Gasteiger partial charge in [-0.1, -0.05) is 30.3 Å². The zero-order valence-corrected chi connectivity index (χ0v) is 11.7. The van der Waals surface area contributed by atoms with Crippen molar-refractivity contribution in [1.82, 2.24) is 0 Å². The molecule has 0 fully saturated rings. The van der Waals surface area contributed by atoms with Crippen LogP contribution >= 0.6 is 0 Å². The molecule has 0 bridgehead atoms. The van der Waals surface area contributed by atoms with E-state index in [4.69, 9.17) is 18.9 Å². The molecule has 0 saturated carbocycles. The highest BCUT2D eigenvalue weighted by molar-refractivity contribution is 5.13. The van der Waals surface area contributed by atoms with Crippen LogP contribution in [0.3, 0.4) is 0 Å². The molecule has 0 saturated heterocycles. The van der Waals surface area contributed by atoms with Gasteiger partial charge in [0.25, 0.3) is 0 Å². The van der Waals surface area contributed by atoms with E-state index in [0.717, 1.165) is 39.1 Å². The van der Waals surface area contributed by atoms with Gasteiger partial charge in [0.2, 0.25) is 6.29 Å². The van der Waals surface area contributed by atoms with E-state index in [-0.39, 0.29) is 6.29 Å². The Hall–Kier alpha value is -1.52. The van der Waals surface area contributed by atoms with Crippen LogP contribution in [0.1, 0.15) is 24.8 Å². The Bertz CT molecular complexity index is 369. The lowest BCUT2D eigenvalue weighted by Crippen LogP contribution is -2.09. The van der Waals surface area contributed by atoms with Crippen molar-refractivity contribution in [2.45, 2.75) is 32.2 Å². The fraction of sp³-hybridized carbons (Fsp3) is 0.500. The molecule has 0 amide bonds. The smallest absolute Gasteiger partial charge is 0.239 e. The van der Waals surface area contributed by atoms with Gasteiger partial charge in [-0.25, -0.2) is 0 Å². The molecular weight excluding hydrogens is 256 g/mol. The van der Waals surface area contributed by atoms with Crippen LogP contribution in [0.15, 0.2) is 42.9 Å². The van der Waals surface area contributed by atoms with Crippen molar-refractivity contribution in [2.24, 2.45) is 0 Å². The number of benzene rings is 1. The second kappa shape index (κ2) is 9.39. The quantitative estimate of drug-likeness (QED) is 0.616. The third-order valence-electron chi connectivity index (χ3n) is 2.93. The Morgan fingerprint density at radius 2 is 1.55 bits per heavy atom. The molecule has 4 nitrogen and oxygen atoms in total. The molecule has 20 heavy (non-hydrogen) atoms. The zero-order chi connectivity index (χ0) is 13.9. The van der Waals surface area contributed by atoms with Gasteiger partial charge in [-0.2, -0.15) is 0 Å². The largest absolute Gasteiger partial charge is 0.459 e. The van der Waals surface area contributed by atoms with Crippen LogP contribution in [0.4, 0.5) is 0 Å². The van der Waals surface area contributed by atoms with Crippen LogP contribution < -0.4 is 0 Å². The van der Waals surface area contributed by atoms with E-state index in [1.807, 2.05) is 18.2 Å². The average molecular weight is 278 g/mol. The minimum absolute atomic E-state index is 0.118. The molecule has 0 spiro atoms. The molecule has 1 aromatic rings. The van der Waals surface area contributed by atoms with Crippen molar-refractivity contribution in [3.63, 3.8) is 0 Å². The van der Waals surface area contributed by atoms with Crippen LogP contribution in [-0.4, -0.2) is 26.1 Å². The first-order valence-corrected chi connectivity index (χ1v) is 7.10. The summed E-state index contributed by atoms with van der Waals surface area (Å²) in [5.41, 5.74) is 1.21. The fourth-order valence-electron chi connectivity index (χ4n) is 1.89. The maximum atomic E-state index is 5.58. The Morgan fingerprint density at radius 1 is 0.850 bits per heavy atom. The van der Waals surface area contributed by atoms with Gasteiger partial charge in [-0.15, -0.1) is 0 Å². The minimum Gasteiger partial charge on any atom is -0.459 e. The lowest BCUT2D eigenvalue weighted by molar-refractivity contribution is -0.0343. The first-order valence-electron chi connectivity index (χ1n) is 7.10. The molecular formula is C16H22O4. The van der Waals surface area contributed by atoms with E-state index >= 15 is 0 Å². The number of ether oxygens (including phenoxy) is 4. The molecule has 1 aromatic carbocycles. The molecule has 0 aliphatic carbocycles. The molecule has 0 aromatic heterocycles. The lowest BCUT2D eigenvalue weighted by atomic mass is 10.2. The van der Waals surface area contributed by atoms with Crippen LogP contribution in [0, 0.1) is 0 Å². The summed E-state index contributed by atoms with van der Waals surface area (Å²) in [6, 6.07) is 10.2. The van der Waals surface area contributed by atoms with E-state index in [2.05, 4.69) is 12.1 Å². The Labute approximate surface area is 120 Å². The standard InChI is InChI=1S/C16H22O4/c1-2-6-15(7-3-1)14-18-11-5-10-17-9-4-8-16-19-12-13-20-16/h1-3,6-7,12-13,16H,4-5,8-11,14H2. The third kappa shape index (κ3) is 6.08. The second-order valence-corrected chi connectivity index (χ2v) is 4.62. The van der Waals surface area contributed by atoms with Crippen molar-refractivity contribution in [3.05, 3.63) is 48.4 Å². The van der Waals surface area contributed by atoms with Crippen molar-refractivity contribution < 1.29 is 18.9 Å². The van der Waals surface area contributed by atoms with Crippen LogP contribution in [-0.2, 0) is 25.6 Å². The van der Waals surface area contributed by atoms with E-state index in [1.54, 1.807) is 12.5 Å². The number of hydrogen-bond donors (Lipinski definition) is 0. The van der Waals surface area contributed by atoms with Gasteiger partial charge in [-0.3, -0.25) is 0 Å². The first-order chi connectivity index (χ1) is 9.95. The van der Waals surface area contributed by atoms with Crippen LogP contribution in [0.5, 0.6) is 0 Å². The van der Waals surface area contributed by atoms with Gasteiger partial charge in [0.1, 0.15) is 12.5 Å². The van der Waals surface area contributed by atoms with E-state index < -0.39 is 0 Å². The molecule has 2 rings (SSSR count). The van der Waals surface area contributed by atoms with Gasteiger partial charge in [0.05, 0.1) is 6.61 Å². The van der Waals surface area contributed by atoms with Crippen molar-refractivity contribution in [2.75, 3.05) is 19.8 Å².